The van der Waals surface area contributed by atoms with Crippen LogP contribution in [0.2, 0.25) is 0 Å². The zero-order chi connectivity index (χ0) is 19.7. The van der Waals surface area contributed by atoms with E-state index in [0.29, 0.717) is 24.3 Å². The van der Waals surface area contributed by atoms with Crippen molar-refractivity contribution in [3.63, 3.8) is 0 Å². The van der Waals surface area contributed by atoms with Gasteiger partial charge in [-0.15, -0.1) is 0 Å². The number of amides is 2. The van der Waals surface area contributed by atoms with E-state index >= 15 is 0 Å². The largest absolute Gasteiger partial charge is 0.416 e. The molecule has 0 aromatic heterocycles. The molecule has 1 heterocycles. The predicted octanol–water partition coefficient (Wildman–Crippen LogP) is 3.89. The lowest BCUT2D eigenvalue weighted by atomic mass is 10.2. The minimum absolute atomic E-state index is 0.114. The number of carbonyl (C=O) groups excluding carboxylic acids is 1. The van der Waals surface area contributed by atoms with Gasteiger partial charge in [0.25, 0.3) is 0 Å². The van der Waals surface area contributed by atoms with Gasteiger partial charge < -0.3 is 10.6 Å². The lowest BCUT2D eigenvalue weighted by Gasteiger charge is -2.17. The van der Waals surface area contributed by atoms with E-state index in [9.17, 15) is 26.4 Å². The number of urea groups is 1. The van der Waals surface area contributed by atoms with Crippen LogP contribution in [0.4, 0.5) is 35.0 Å². The molecule has 1 aliphatic heterocycles. The van der Waals surface area contributed by atoms with E-state index in [1.54, 1.807) is 24.3 Å². The van der Waals surface area contributed by atoms with Crippen molar-refractivity contribution in [2.75, 3.05) is 27.2 Å². The maximum absolute atomic E-state index is 12.5. The summed E-state index contributed by atoms with van der Waals surface area (Å²) in [6.45, 7) is 0.420. The Morgan fingerprint density at radius 3 is 1.89 bits per heavy atom. The summed E-state index contributed by atoms with van der Waals surface area (Å²) in [5.41, 5.74) is 0.335. The highest BCUT2D eigenvalue weighted by molar-refractivity contribution is 7.93. The van der Waals surface area contributed by atoms with E-state index in [4.69, 9.17) is 0 Å². The first-order chi connectivity index (χ1) is 12.6. The van der Waals surface area contributed by atoms with Crippen LogP contribution >= 0.6 is 0 Å². The highest BCUT2D eigenvalue weighted by atomic mass is 32.2. The van der Waals surface area contributed by atoms with E-state index in [0.717, 1.165) is 24.3 Å². The molecule has 6 nitrogen and oxygen atoms in total. The van der Waals surface area contributed by atoms with E-state index < -0.39 is 27.8 Å². The number of rotatable bonds is 3. The minimum atomic E-state index is -4.44. The van der Waals surface area contributed by atoms with Crippen LogP contribution in [-0.4, -0.2) is 26.7 Å². The van der Waals surface area contributed by atoms with Gasteiger partial charge >= 0.3 is 12.2 Å². The molecule has 2 amide bonds. The zero-order valence-electron chi connectivity index (χ0n) is 14.0. The number of anilines is 3. The summed E-state index contributed by atoms with van der Waals surface area (Å²) in [6, 6.07) is 9.70. The highest BCUT2D eigenvalue weighted by Crippen LogP contribution is 2.30. The summed E-state index contributed by atoms with van der Waals surface area (Å²) in [5.74, 6) is 0.114. The van der Waals surface area contributed by atoms with Crippen molar-refractivity contribution in [3.8, 4) is 0 Å². The van der Waals surface area contributed by atoms with Crippen LogP contribution in [0, 0.1) is 0 Å². The third kappa shape index (κ3) is 4.51. The van der Waals surface area contributed by atoms with Crippen LogP contribution in [0.1, 0.15) is 12.0 Å². The lowest BCUT2D eigenvalue weighted by Crippen LogP contribution is -2.25. The fourth-order valence-corrected chi connectivity index (χ4v) is 4.24. The standard InChI is InChI=1S/C17H16F3N3O3S/c18-17(19,20)12-2-4-13(5-3-12)21-16(24)22-14-6-8-15(9-7-14)23-10-1-11-27(23,25)26/h2-9H,1,10-11H2,(H2,21,22,24). The van der Waals surface area contributed by atoms with Crippen molar-refractivity contribution in [2.24, 2.45) is 0 Å². The van der Waals surface area contributed by atoms with Crippen LogP contribution in [0.3, 0.4) is 0 Å². The molecular weight excluding hydrogens is 383 g/mol. The molecule has 0 atom stereocenters. The van der Waals surface area contributed by atoms with Crippen LogP contribution in [-0.2, 0) is 16.2 Å². The van der Waals surface area contributed by atoms with Crippen molar-refractivity contribution in [1.29, 1.82) is 0 Å². The Bertz CT molecular complexity index is 927. The van der Waals surface area contributed by atoms with Gasteiger partial charge in [0, 0.05) is 17.9 Å². The second-order valence-electron chi connectivity index (χ2n) is 5.94. The SMILES string of the molecule is O=C(Nc1ccc(N2CCCS2(=O)=O)cc1)Nc1ccc(C(F)(F)F)cc1. The smallest absolute Gasteiger partial charge is 0.308 e. The molecule has 0 unspecified atom stereocenters. The number of hydrogen-bond donors (Lipinski definition) is 2. The summed E-state index contributed by atoms with van der Waals surface area (Å²) >= 11 is 0. The topological polar surface area (TPSA) is 78.5 Å². The molecule has 0 bridgehead atoms. The second kappa shape index (κ2) is 7.10. The Morgan fingerprint density at radius 1 is 0.926 bits per heavy atom. The molecule has 2 aromatic rings. The number of sulfonamides is 1. The lowest BCUT2D eigenvalue weighted by molar-refractivity contribution is -0.137. The summed E-state index contributed by atoms with van der Waals surface area (Å²) in [5, 5.41) is 4.96. The first-order valence-electron chi connectivity index (χ1n) is 8.01. The van der Waals surface area contributed by atoms with Gasteiger partial charge in [0.1, 0.15) is 0 Å². The molecule has 1 saturated heterocycles. The van der Waals surface area contributed by atoms with Crippen LogP contribution in [0.25, 0.3) is 0 Å². The van der Waals surface area contributed by atoms with E-state index in [2.05, 4.69) is 10.6 Å². The third-order valence-electron chi connectivity index (χ3n) is 3.98. The molecule has 2 aromatic carbocycles. The number of benzene rings is 2. The van der Waals surface area contributed by atoms with Gasteiger partial charge in [-0.2, -0.15) is 13.2 Å². The van der Waals surface area contributed by atoms with E-state index in [1.807, 2.05) is 0 Å². The van der Waals surface area contributed by atoms with Crippen LogP contribution in [0.5, 0.6) is 0 Å². The fraction of sp³-hybridized carbons (Fsp3) is 0.235. The Kier molecular flexibility index (Phi) is 5.01. The molecule has 27 heavy (non-hydrogen) atoms. The Balaban J connectivity index is 1.61. The summed E-state index contributed by atoms with van der Waals surface area (Å²) < 4.78 is 62.7. The predicted molar refractivity (Wildman–Crippen MR) is 96.3 cm³/mol. The quantitative estimate of drug-likeness (QED) is 0.822. The first-order valence-corrected chi connectivity index (χ1v) is 9.62. The zero-order valence-corrected chi connectivity index (χ0v) is 14.8. The molecule has 10 heteroatoms. The Hall–Kier alpha value is -2.75. The van der Waals surface area contributed by atoms with Crippen molar-refractivity contribution < 1.29 is 26.4 Å². The molecule has 1 fully saturated rings. The number of alkyl halides is 3. The van der Waals surface area contributed by atoms with Crippen LogP contribution < -0.4 is 14.9 Å². The molecule has 1 aliphatic rings. The maximum atomic E-state index is 12.5. The van der Waals surface area contributed by atoms with E-state index in [-0.39, 0.29) is 11.4 Å². The number of nitrogens with zero attached hydrogens (tertiary/aromatic N) is 1. The summed E-state index contributed by atoms with van der Waals surface area (Å²) in [7, 11) is -3.28. The Morgan fingerprint density at radius 2 is 1.44 bits per heavy atom. The average Bonchev–Trinajstić information content (AvgIpc) is 2.94. The molecule has 0 radical (unpaired) electrons. The maximum Gasteiger partial charge on any atom is 0.416 e. The van der Waals surface area contributed by atoms with E-state index in [1.165, 1.54) is 4.31 Å². The summed E-state index contributed by atoms with van der Waals surface area (Å²) in [4.78, 5) is 12.0. The van der Waals surface area contributed by atoms with Gasteiger partial charge in [-0.05, 0) is 55.0 Å². The van der Waals surface area contributed by atoms with Gasteiger partial charge in [0.15, 0.2) is 0 Å². The molecular formula is C17H16F3N3O3S. The fourth-order valence-electron chi connectivity index (χ4n) is 2.68. The van der Waals surface area contributed by atoms with Crippen molar-refractivity contribution in [2.45, 2.75) is 12.6 Å². The van der Waals surface area contributed by atoms with Gasteiger partial charge in [0.2, 0.25) is 10.0 Å². The summed E-state index contributed by atoms with van der Waals surface area (Å²) in [6.07, 6.45) is -3.87. The Labute approximate surface area is 154 Å². The van der Waals surface area contributed by atoms with Crippen molar-refractivity contribution in [3.05, 3.63) is 54.1 Å². The van der Waals surface area contributed by atoms with Gasteiger partial charge in [-0.25, -0.2) is 13.2 Å². The molecule has 0 aliphatic carbocycles. The molecule has 3 rings (SSSR count). The minimum Gasteiger partial charge on any atom is -0.308 e. The number of halogens is 3. The number of nitrogens with one attached hydrogen (secondary N) is 2. The average molecular weight is 399 g/mol. The normalized spacial score (nSPS) is 16.2. The van der Waals surface area contributed by atoms with Gasteiger partial charge in [-0.3, -0.25) is 4.31 Å². The van der Waals surface area contributed by atoms with Gasteiger partial charge in [-0.1, -0.05) is 0 Å². The number of carbonyl (C=O) groups is 1. The number of hydrogen-bond acceptors (Lipinski definition) is 3. The monoisotopic (exact) mass is 399 g/mol. The molecule has 0 saturated carbocycles. The third-order valence-corrected chi connectivity index (χ3v) is 5.85. The van der Waals surface area contributed by atoms with Crippen molar-refractivity contribution in [1.82, 2.24) is 0 Å². The van der Waals surface area contributed by atoms with Crippen molar-refractivity contribution >= 4 is 33.1 Å². The first kappa shape index (κ1) is 19.0. The second-order valence-corrected chi connectivity index (χ2v) is 7.96. The van der Waals surface area contributed by atoms with Crippen LogP contribution in [0.15, 0.2) is 48.5 Å². The molecule has 144 valence electrons. The highest BCUT2D eigenvalue weighted by Gasteiger charge is 2.30. The molecule has 2 N–H and O–H groups in total. The van der Waals surface area contributed by atoms with Gasteiger partial charge in [0.05, 0.1) is 17.0 Å². The molecule has 0 spiro atoms.